The van der Waals surface area contributed by atoms with Crippen molar-refractivity contribution in [1.82, 2.24) is 14.8 Å². The number of aromatic nitrogens is 1. The van der Waals surface area contributed by atoms with Gasteiger partial charge >= 0.3 is 0 Å². The van der Waals surface area contributed by atoms with E-state index in [2.05, 4.69) is 51.2 Å². The fourth-order valence-corrected chi connectivity index (χ4v) is 5.99. The number of piperidine rings is 3. The lowest BCUT2D eigenvalue weighted by Crippen LogP contribution is -2.60. The number of carbonyl (C=O) groups is 1. The number of aromatic amines is 1. The van der Waals surface area contributed by atoms with Crippen molar-refractivity contribution in [3.8, 4) is 0 Å². The van der Waals surface area contributed by atoms with Crippen LogP contribution < -0.4 is 0 Å². The average molecular weight is 371 g/mol. The van der Waals surface area contributed by atoms with Crippen LogP contribution in [-0.4, -0.2) is 52.4 Å². The van der Waals surface area contributed by atoms with Gasteiger partial charge in [0.2, 0.25) is 0 Å². The van der Waals surface area contributed by atoms with E-state index in [0.717, 1.165) is 23.0 Å². The first-order valence-electron chi connectivity index (χ1n) is 10.5. The number of amides is 1. The third-order valence-electron chi connectivity index (χ3n) is 7.28. The monoisotopic (exact) mass is 371 g/mol. The molecule has 3 aromatic rings. The van der Waals surface area contributed by atoms with Crippen molar-refractivity contribution >= 4 is 16.8 Å². The third-order valence-corrected chi connectivity index (χ3v) is 7.28. The van der Waals surface area contributed by atoms with Gasteiger partial charge in [-0.05, 0) is 61.0 Å². The van der Waals surface area contributed by atoms with E-state index < -0.39 is 0 Å². The second-order valence-electron chi connectivity index (χ2n) is 8.61. The van der Waals surface area contributed by atoms with Crippen LogP contribution in [0, 0.1) is 5.92 Å². The Morgan fingerprint density at radius 2 is 1.79 bits per heavy atom. The Hall–Kier alpha value is -2.59. The van der Waals surface area contributed by atoms with Gasteiger partial charge in [0.05, 0.1) is 6.04 Å². The lowest BCUT2D eigenvalue weighted by Gasteiger charge is -2.51. The van der Waals surface area contributed by atoms with Crippen LogP contribution in [0.2, 0.25) is 0 Å². The number of H-pyrrole nitrogens is 1. The summed E-state index contributed by atoms with van der Waals surface area (Å²) in [7, 11) is 0. The molecule has 7 rings (SSSR count). The fraction of sp³-hybridized carbons (Fsp3) is 0.375. The molecule has 0 radical (unpaired) electrons. The van der Waals surface area contributed by atoms with Crippen molar-refractivity contribution in [2.24, 2.45) is 5.92 Å². The normalized spacial score (nSPS) is 31.3. The average Bonchev–Trinajstić information content (AvgIpc) is 3.40. The number of nitrogens with zero attached hydrogens (tertiary/aromatic N) is 2. The predicted molar refractivity (Wildman–Crippen MR) is 110 cm³/mol. The molecule has 2 bridgehead atoms. The standard InChI is InChI=1S/C24H25N3O/c28-24(19-7-6-17-8-11-25-21(17)14-19)27-15-20(16-4-2-1-3-5-16)23-22(27)18-9-12-26(23)13-10-18/h1-8,11,14,18,20,22-23,25H,9-10,12-13,15H2/t20-,22+,23+/m1/s1. The molecule has 4 fully saturated rings. The van der Waals surface area contributed by atoms with Gasteiger partial charge in [-0.1, -0.05) is 36.4 Å². The Kier molecular flexibility index (Phi) is 3.63. The lowest BCUT2D eigenvalue weighted by atomic mass is 9.75. The Labute approximate surface area is 165 Å². The van der Waals surface area contributed by atoms with E-state index in [9.17, 15) is 4.79 Å². The molecular weight excluding hydrogens is 346 g/mol. The Bertz CT molecular complexity index is 1020. The molecule has 4 aliphatic heterocycles. The zero-order valence-corrected chi connectivity index (χ0v) is 15.9. The number of fused-ring (bicyclic) bond motifs is 3. The van der Waals surface area contributed by atoms with Gasteiger partial charge in [-0.15, -0.1) is 0 Å². The highest BCUT2D eigenvalue weighted by Gasteiger charge is 2.54. The Balaban J connectivity index is 1.39. The van der Waals surface area contributed by atoms with Gasteiger partial charge in [0.1, 0.15) is 0 Å². The maximum Gasteiger partial charge on any atom is 0.254 e. The predicted octanol–water partition coefficient (Wildman–Crippen LogP) is 3.87. The number of rotatable bonds is 2. The van der Waals surface area contributed by atoms with Crippen molar-refractivity contribution in [1.29, 1.82) is 0 Å². The quantitative estimate of drug-likeness (QED) is 0.743. The molecule has 142 valence electrons. The molecule has 4 heteroatoms. The van der Waals surface area contributed by atoms with E-state index in [0.29, 0.717) is 23.9 Å². The molecule has 5 heterocycles. The summed E-state index contributed by atoms with van der Waals surface area (Å²) in [5.74, 6) is 1.24. The van der Waals surface area contributed by atoms with Crippen LogP contribution in [0.4, 0.5) is 0 Å². The molecule has 0 saturated carbocycles. The van der Waals surface area contributed by atoms with Crippen LogP contribution in [0.25, 0.3) is 10.9 Å². The van der Waals surface area contributed by atoms with Crippen LogP contribution in [0.3, 0.4) is 0 Å². The number of likely N-dealkylation sites (tertiary alicyclic amines) is 1. The molecule has 2 aromatic carbocycles. The number of benzene rings is 2. The summed E-state index contributed by atoms with van der Waals surface area (Å²) in [6, 6.07) is 19.7. The summed E-state index contributed by atoms with van der Waals surface area (Å²) in [5.41, 5.74) is 3.22. The molecule has 0 unspecified atom stereocenters. The smallest absolute Gasteiger partial charge is 0.254 e. The molecule has 28 heavy (non-hydrogen) atoms. The second-order valence-corrected chi connectivity index (χ2v) is 8.61. The van der Waals surface area contributed by atoms with Crippen molar-refractivity contribution < 1.29 is 4.79 Å². The molecule has 1 amide bonds. The molecule has 1 aromatic heterocycles. The van der Waals surface area contributed by atoms with E-state index in [1.165, 1.54) is 31.5 Å². The van der Waals surface area contributed by atoms with Crippen LogP contribution in [0.5, 0.6) is 0 Å². The summed E-state index contributed by atoms with van der Waals surface area (Å²) >= 11 is 0. The minimum atomic E-state index is 0.193. The summed E-state index contributed by atoms with van der Waals surface area (Å²) in [6.45, 7) is 3.20. The maximum absolute atomic E-state index is 13.6. The first kappa shape index (κ1) is 16.4. The summed E-state index contributed by atoms with van der Waals surface area (Å²) in [5, 5.41) is 1.15. The van der Waals surface area contributed by atoms with E-state index in [1.54, 1.807) is 0 Å². The highest BCUT2D eigenvalue weighted by molar-refractivity contribution is 5.98. The van der Waals surface area contributed by atoms with Crippen LogP contribution in [-0.2, 0) is 0 Å². The molecule has 0 spiro atoms. The number of carbonyl (C=O) groups excluding carboxylic acids is 1. The van der Waals surface area contributed by atoms with E-state index in [-0.39, 0.29) is 5.91 Å². The first-order valence-corrected chi connectivity index (χ1v) is 10.5. The molecule has 4 nitrogen and oxygen atoms in total. The molecule has 4 aliphatic rings. The molecule has 0 aliphatic carbocycles. The van der Waals surface area contributed by atoms with Crippen LogP contribution in [0.15, 0.2) is 60.8 Å². The number of hydrogen-bond donors (Lipinski definition) is 1. The van der Waals surface area contributed by atoms with Gasteiger partial charge in [0, 0.05) is 35.8 Å². The van der Waals surface area contributed by atoms with Gasteiger partial charge in [0.25, 0.3) is 5.91 Å². The van der Waals surface area contributed by atoms with Crippen LogP contribution in [0.1, 0.15) is 34.7 Å². The SMILES string of the molecule is O=C(c1ccc2cc[nH]c2c1)N1C[C@H](c2ccccc2)[C@H]2[C@@H]1C1CCN2CC1. The second kappa shape index (κ2) is 6.21. The zero-order chi connectivity index (χ0) is 18.7. The van der Waals surface area contributed by atoms with E-state index >= 15 is 0 Å². The Morgan fingerprint density at radius 3 is 2.61 bits per heavy atom. The minimum absolute atomic E-state index is 0.193. The highest BCUT2D eigenvalue weighted by atomic mass is 16.2. The minimum Gasteiger partial charge on any atom is -0.361 e. The molecule has 1 N–H and O–H groups in total. The maximum atomic E-state index is 13.6. The highest BCUT2D eigenvalue weighted by Crippen LogP contribution is 2.46. The lowest BCUT2D eigenvalue weighted by molar-refractivity contribution is -0.00340. The topological polar surface area (TPSA) is 39.3 Å². The summed E-state index contributed by atoms with van der Waals surface area (Å²) < 4.78 is 0. The number of nitrogens with one attached hydrogen (secondary N) is 1. The fourth-order valence-electron chi connectivity index (χ4n) is 5.99. The van der Waals surface area contributed by atoms with Gasteiger partial charge < -0.3 is 9.88 Å². The van der Waals surface area contributed by atoms with Crippen LogP contribution >= 0.6 is 0 Å². The molecular formula is C24H25N3O. The van der Waals surface area contributed by atoms with Crippen molar-refractivity contribution in [3.05, 3.63) is 71.9 Å². The van der Waals surface area contributed by atoms with Crippen molar-refractivity contribution in [2.75, 3.05) is 19.6 Å². The van der Waals surface area contributed by atoms with Gasteiger partial charge in [0.15, 0.2) is 0 Å². The van der Waals surface area contributed by atoms with E-state index in [4.69, 9.17) is 0 Å². The molecule has 3 atom stereocenters. The van der Waals surface area contributed by atoms with E-state index in [1.807, 2.05) is 24.4 Å². The van der Waals surface area contributed by atoms with Gasteiger partial charge in [-0.25, -0.2) is 0 Å². The largest absolute Gasteiger partial charge is 0.361 e. The van der Waals surface area contributed by atoms with Crippen molar-refractivity contribution in [2.45, 2.75) is 30.8 Å². The van der Waals surface area contributed by atoms with Crippen molar-refractivity contribution in [3.63, 3.8) is 0 Å². The van der Waals surface area contributed by atoms with Gasteiger partial charge in [-0.2, -0.15) is 0 Å². The third kappa shape index (κ3) is 2.37. The Morgan fingerprint density at radius 1 is 0.964 bits per heavy atom. The first-order chi connectivity index (χ1) is 13.8. The van der Waals surface area contributed by atoms with Gasteiger partial charge in [-0.3, -0.25) is 9.69 Å². The molecule has 4 saturated heterocycles. The zero-order valence-electron chi connectivity index (χ0n) is 15.9. The summed E-state index contributed by atoms with van der Waals surface area (Å²) in [6.07, 6.45) is 4.38. The summed E-state index contributed by atoms with van der Waals surface area (Å²) in [4.78, 5) is 21.7. The number of hydrogen-bond acceptors (Lipinski definition) is 2.